The molecule has 90 valence electrons. The number of alkyl halides is 2. The van der Waals surface area contributed by atoms with Crippen LogP contribution in [0, 0.1) is 0 Å². The molecule has 1 rings (SSSR count). The molecule has 1 heterocycles. The molecule has 0 aliphatic carbocycles. The number of hydrogen-bond acceptors (Lipinski definition) is 3. The van der Waals surface area contributed by atoms with Crippen LogP contribution in [0.15, 0.2) is 0 Å². The van der Waals surface area contributed by atoms with Gasteiger partial charge >= 0.3 is 5.76 Å². The molecule has 2 N–H and O–H groups in total. The first-order valence-corrected chi connectivity index (χ1v) is 6.42. The maximum absolute atomic E-state index is 12.4. The lowest BCUT2D eigenvalue weighted by molar-refractivity contribution is 0.182. The summed E-state index contributed by atoms with van der Waals surface area (Å²) in [6.45, 7) is 1.79. The van der Waals surface area contributed by atoms with Gasteiger partial charge in [0, 0.05) is 18.6 Å². The summed E-state index contributed by atoms with van der Waals surface area (Å²) in [5, 5.41) is 0. The molecular weight excluding hydrogens is 226 g/mol. The Labute approximate surface area is 88.5 Å². The third kappa shape index (κ3) is 2.64. The molecular formula is C8H16F2N2O2S. The minimum atomic E-state index is -4.47. The zero-order valence-corrected chi connectivity index (χ0v) is 9.38. The number of sulfonamides is 1. The predicted octanol–water partition coefficient (Wildman–Crippen LogP) is 0.740. The Bertz CT molecular complexity index is 306. The van der Waals surface area contributed by atoms with Gasteiger partial charge in [0.2, 0.25) is 0 Å². The molecule has 0 amide bonds. The van der Waals surface area contributed by atoms with E-state index in [1.54, 1.807) is 6.92 Å². The number of piperidine rings is 1. The first-order chi connectivity index (χ1) is 6.87. The van der Waals surface area contributed by atoms with Crippen LogP contribution in [0.2, 0.25) is 0 Å². The molecule has 2 unspecified atom stereocenters. The van der Waals surface area contributed by atoms with Crippen LogP contribution in [-0.2, 0) is 10.0 Å². The highest BCUT2D eigenvalue weighted by Crippen LogP contribution is 2.25. The van der Waals surface area contributed by atoms with Gasteiger partial charge in [-0.25, -0.2) is 8.42 Å². The Hall–Kier alpha value is -0.270. The van der Waals surface area contributed by atoms with Crippen LogP contribution in [0.4, 0.5) is 8.78 Å². The van der Waals surface area contributed by atoms with Crippen LogP contribution in [0.3, 0.4) is 0 Å². The van der Waals surface area contributed by atoms with Crippen LogP contribution in [0.1, 0.15) is 26.2 Å². The van der Waals surface area contributed by atoms with Crippen molar-refractivity contribution in [2.75, 3.05) is 6.54 Å². The number of hydrogen-bond donors (Lipinski definition) is 1. The molecule has 0 bridgehead atoms. The maximum atomic E-state index is 12.4. The van der Waals surface area contributed by atoms with Crippen molar-refractivity contribution < 1.29 is 17.2 Å². The zero-order valence-electron chi connectivity index (χ0n) is 8.57. The summed E-state index contributed by atoms with van der Waals surface area (Å²) in [5.74, 6) is -3.35. The lowest BCUT2D eigenvalue weighted by Gasteiger charge is -2.36. The van der Waals surface area contributed by atoms with E-state index in [2.05, 4.69) is 0 Å². The molecule has 4 nitrogen and oxygen atoms in total. The van der Waals surface area contributed by atoms with E-state index in [1.165, 1.54) is 0 Å². The predicted molar refractivity (Wildman–Crippen MR) is 52.9 cm³/mol. The van der Waals surface area contributed by atoms with Crippen molar-refractivity contribution in [1.82, 2.24) is 4.31 Å². The van der Waals surface area contributed by atoms with Crippen LogP contribution >= 0.6 is 0 Å². The summed E-state index contributed by atoms with van der Waals surface area (Å²) in [6.07, 6.45) is 2.01. The average Bonchev–Trinajstić information content (AvgIpc) is 2.17. The standard InChI is InChI=1S/C8H16F2N2O2S/c1-6(11)7-4-2-3-5-12(7)15(13,14)8(9)10/h6-8H,2-5,11H2,1H3. The molecule has 7 heteroatoms. The van der Waals surface area contributed by atoms with E-state index in [-0.39, 0.29) is 6.54 Å². The van der Waals surface area contributed by atoms with Gasteiger partial charge < -0.3 is 5.73 Å². The third-order valence-corrected chi connectivity index (χ3v) is 4.21. The van der Waals surface area contributed by atoms with Gasteiger partial charge in [-0.3, -0.25) is 0 Å². The number of nitrogens with zero attached hydrogens (tertiary/aromatic N) is 1. The third-order valence-electron chi connectivity index (χ3n) is 2.66. The van der Waals surface area contributed by atoms with E-state index >= 15 is 0 Å². The van der Waals surface area contributed by atoms with Gasteiger partial charge in [-0.05, 0) is 19.8 Å². The summed E-state index contributed by atoms with van der Waals surface area (Å²) < 4.78 is 48.2. The molecule has 0 aromatic rings. The molecule has 2 atom stereocenters. The van der Waals surface area contributed by atoms with E-state index in [0.717, 1.165) is 10.7 Å². The Balaban J connectivity index is 2.90. The highest BCUT2D eigenvalue weighted by Gasteiger charge is 2.39. The summed E-state index contributed by atoms with van der Waals surface area (Å²) in [5.41, 5.74) is 5.60. The summed E-state index contributed by atoms with van der Waals surface area (Å²) in [4.78, 5) is 0. The number of nitrogens with two attached hydrogens (primary N) is 1. The largest absolute Gasteiger partial charge is 0.350 e. The molecule has 0 saturated carbocycles. The summed E-state index contributed by atoms with van der Waals surface area (Å²) in [7, 11) is -4.47. The smallest absolute Gasteiger partial charge is 0.326 e. The number of rotatable bonds is 3. The fourth-order valence-electron chi connectivity index (χ4n) is 1.87. The highest BCUT2D eigenvalue weighted by molar-refractivity contribution is 7.89. The monoisotopic (exact) mass is 242 g/mol. The van der Waals surface area contributed by atoms with Gasteiger partial charge in [-0.1, -0.05) is 6.42 Å². The topological polar surface area (TPSA) is 63.4 Å². The molecule has 1 fully saturated rings. The highest BCUT2D eigenvalue weighted by atomic mass is 32.2. The molecule has 0 spiro atoms. The fourth-order valence-corrected chi connectivity index (χ4v) is 3.14. The quantitative estimate of drug-likeness (QED) is 0.794. The summed E-state index contributed by atoms with van der Waals surface area (Å²) in [6, 6.07) is -0.906. The van der Waals surface area contributed by atoms with Crippen LogP contribution in [0.5, 0.6) is 0 Å². The van der Waals surface area contributed by atoms with Gasteiger partial charge in [0.05, 0.1) is 0 Å². The van der Waals surface area contributed by atoms with Crippen LogP contribution in [0.25, 0.3) is 0 Å². The Kier molecular flexibility index (Phi) is 4.02. The van der Waals surface area contributed by atoms with Crippen LogP contribution < -0.4 is 5.73 Å². The Morgan fingerprint density at radius 1 is 1.40 bits per heavy atom. The normalized spacial score (nSPS) is 26.9. The van der Waals surface area contributed by atoms with Gasteiger partial charge in [0.1, 0.15) is 0 Å². The molecule has 15 heavy (non-hydrogen) atoms. The molecule has 0 radical (unpaired) electrons. The van der Waals surface area contributed by atoms with Gasteiger partial charge in [-0.2, -0.15) is 13.1 Å². The van der Waals surface area contributed by atoms with Gasteiger partial charge in [0.25, 0.3) is 10.0 Å². The van der Waals surface area contributed by atoms with Crippen molar-refractivity contribution in [3.8, 4) is 0 Å². The minimum Gasteiger partial charge on any atom is -0.326 e. The van der Waals surface area contributed by atoms with Crippen molar-refractivity contribution in [2.24, 2.45) is 5.73 Å². The number of halogens is 2. The lowest BCUT2D eigenvalue weighted by atomic mass is 10.00. The van der Waals surface area contributed by atoms with E-state index in [1.807, 2.05) is 0 Å². The van der Waals surface area contributed by atoms with Crippen molar-refractivity contribution in [2.45, 2.75) is 44.0 Å². The van der Waals surface area contributed by atoms with Crippen LogP contribution in [-0.4, -0.2) is 37.1 Å². The first kappa shape index (κ1) is 12.8. The second-order valence-electron chi connectivity index (χ2n) is 3.84. The molecule has 1 saturated heterocycles. The van der Waals surface area contributed by atoms with Crippen molar-refractivity contribution in [1.29, 1.82) is 0 Å². The zero-order chi connectivity index (χ0) is 11.6. The van der Waals surface area contributed by atoms with Gasteiger partial charge in [-0.15, -0.1) is 0 Å². The Morgan fingerprint density at radius 3 is 2.47 bits per heavy atom. The Morgan fingerprint density at radius 2 is 2.00 bits per heavy atom. The summed E-state index contributed by atoms with van der Waals surface area (Å²) >= 11 is 0. The van der Waals surface area contributed by atoms with Crippen molar-refractivity contribution in [3.05, 3.63) is 0 Å². The molecule has 1 aliphatic rings. The fraction of sp³-hybridized carbons (Fsp3) is 1.00. The first-order valence-electron chi connectivity index (χ1n) is 4.91. The van der Waals surface area contributed by atoms with Gasteiger partial charge in [0.15, 0.2) is 0 Å². The molecule has 0 aromatic carbocycles. The molecule has 1 aliphatic heterocycles. The second kappa shape index (κ2) is 4.71. The SMILES string of the molecule is CC(N)C1CCCCN1S(=O)(=O)C(F)F. The van der Waals surface area contributed by atoms with E-state index in [9.17, 15) is 17.2 Å². The maximum Gasteiger partial charge on any atom is 0.350 e. The van der Waals surface area contributed by atoms with Crippen molar-refractivity contribution >= 4 is 10.0 Å². The lowest BCUT2D eigenvalue weighted by Crippen LogP contribution is -2.52. The minimum absolute atomic E-state index is 0.152. The average molecular weight is 242 g/mol. The van der Waals surface area contributed by atoms with E-state index in [0.29, 0.717) is 12.8 Å². The molecule has 0 aromatic heterocycles. The van der Waals surface area contributed by atoms with Crippen molar-refractivity contribution in [3.63, 3.8) is 0 Å². The van der Waals surface area contributed by atoms with E-state index < -0.39 is 27.9 Å². The van der Waals surface area contributed by atoms with E-state index in [4.69, 9.17) is 5.73 Å². The second-order valence-corrected chi connectivity index (χ2v) is 5.69.